The Kier molecular flexibility index (Phi) is 10.1. The van der Waals surface area contributed by atoms with Crippen molar-refractivity contribution in [2.45, 2.75) is 24.8 Å². The van der Waals surface area contributed by atoms with Crippen molar-refractivity contribution in [3.8, 4) is 11.5 Å². The average molecular weight is 647 g/mol. The Morgan fingerprint density at radius 2 is 1.70 bits per heavy atom. The average Bonchev–Trinajstić information content (AvgIpc) is 3.78. The van der Waals surface area contributed by atoms with Crippen molar-refractivity contribution in [1.82, 2.24) is 15.5 Å². The maximum atomic E-state index is 13.3. The number of thiophene rings is 1. The van der Waals surface area contributed by atoms with Crippen LogP contribution < -0.4 is 19.1 Å². The Bertz CT molecular complexity index is 1430. The van der Waals surface area contributed by atoms with E-state index < -0.39 is 23.6 Å². The lowest BCUT2D eigenvalue weighted by Gasteiger charge is -2.24. The van der Waals surface area contributed by atoms with Gasteiger partial charge in [0.1, 0.15) is 23.4 Å². The van der Waals surface area contributed by atoms with Crippen molar-refractivity contribution in [3.63, 3.8) is 0 Å². The van der Waals surface area contributed by atoms with Gasteiger partial charge in [-0.2, -0.15) is 0 Å². The normalized spacial score (nSPS) is 17.2. The Balaban J connectivity index is 1.17. The molecular formula is C29H31FN4O6S3. The highest BCUT2D eigenvalue weighted by atomic mass is 32.2. The van der Waals surface area contributed by atoms with E-state index in [2.05, 4.69) is 14.3 Å². The summed E-state index contributed by atoms with van der Waals surface area (Å²) in [5.74, 6) is -1.66. The monoisotopic (exact) mass is 646 g/mol. The molecular weight excluding hydrogens is 616 g/mol. The Morgan fingerprint density at radius 3 is 2.35 bits per heavy atom. The summed E-state index contributed by atoms with van der Waals surface area (Å²) < 4.78 is 32.5. The second-order valence-electron chi connectivity index (χ2n) is 9.72. The van der Waals surface area contributed by atoms with Crippen LogP contribution >= 0.6 is 35.2 Å². The molecule has 5 rings (SSSR count). The van der Waals surface area contributed by atoms with Gasteiger partial charge in [-0.3, -0.25) is 18.1 Å². The maximum absolute atomic E-state index is 13.3. The van der Waals surface area contributed by atoms with Crippen LogP contribution in [0.4, 0.5) is 10.1 Å². The summed E-state index contributed by atoms with van der Waals surface area (Å²) in [7, 11) is 0. The number of ether oxygens (including phenoxy) is 3. The number of carbonyl (C=O) groups is 3. The molecule has 3 aromatic rings. The highest BCUT2D eigenvalue weighted by Crippen LogP contribution is 2.35. The number of benzene rings is 2. The number of hydrogen-bond donors (Lipinski definition) is 2. The Labute approximate surface area is 261 Å². The third-order valence-electron chi connectivity index (χ3n) is 6.91. The SMILES string of the molecule is CSN(SC)c1csc(CNC(=O)C2CC3(CN2C(=O)CNC(=O)c2ccc(Oc4ccc(F)cc4)cc2)OCCO3)c1. The van der Waals surface area contributed by atoms with Gasteiger partial charge in [0, 0.05) is 34.8 Å². The fourth-order valence-electron chi connectivity index (χ4n) is 4.85. The largest absolute Gasteiger partial charge is 0.457 e. The van der Waals surface area contributed by atoms with E-state index in [-0.39, 0.29) is 31.2 Å². The van der Waals surface area contributed by atoms with Crippen LogP contribution in [0.1, 0.15) is 21.7 Å². The minimum absolute atomic E-state index is 0.0920. The van der Waals surface area contributed by atoms with Crippen molar-refractivity contribution >= 4 is 58.6 Å². The summed E-state index contributed by atoms with van der Waals surface area (Å²) in [6, 6.07) is 13.1. The van der Waals surface area contributed by atoms with E-state index in [1.54, 1.807) is 59.5 Å². The number of rotatable bonds is 11. The molecule has 14 heteroatoms. The van der Waals surface area contributed by atoms with Crippen LogP contribution in [0.5, 0.6) is 11.5 Å². The van der Waals surface area contributed by atoms with Crippen LogP contribution in [0.2, 0.25) is 0 Å². The van der Waals surface area contributed by atoms with Crippen molar-refractivity contribution in [2.75, 3.05) is 42.5 Å². The summed E-state index contributed by atoms with van der Waals surface area (Å²) in [5, 5.41) is 7.62. The summed E-state index contributed by atoms with van der Waals surface area (Å²) in [4.78, 5) is 41.8. The molecule has 2 aliphatic rings. The van der Waals surface area contributed by atoms with Crippen molar-refractivity contribution < 1.29 is 33.0 Å². The molecule has 2 fully saturated rings. The van der Waals surface area contributed by atoms with Crippen molar-refractivity contribution in [2.24, 2.45) is 0 Å². The molecule has 10 nitrogen and oxygen atoms in total. The molecule has 1 aromatic heterocycles. The van der Waals surface area contributed by atoms with Gasteiger partial charge in [0.25, 0.3) is 5.91 Å². The molecule has 0 aliphatic carbocycles. The second kappa shape index (κ2) is 14.0. The van der Waals surface area contributed by atoms with Gasteiger partial charge in [-0.15, -0.1) is 11.3 Å². The Morgan fingerprint density at radius 1 is 1.05 bits per heavy atom. The first-order chi connectivity index (χ1) is 20.8. The second-order valence-corrected chi connectivity index (χ2v) is 12.4. The summed E-state index contributed by atoms with van der Waals surface area (Å²) in [6.07, 6.45) is 4.20. The number of anilines is 1. The van der Waals surface area contributed by atoms with E-state index in [1.807, 2.05) is 24.0 Å². The lowest BCUT2D eigenvalue weighted by molar-refractivity contribution is -0.152. The highest BCUT2D eigenvalue weighted by Gasteiger charge is 2.52. The molecule has 2 saturated heterocycles. The van der Waals surface area contributed by atoms with Gasteiger partial charge < -0.3 is 29.7 Å². The lowest BCUT2D eigenvalue weighted by atomic mass is 10.1. The number of hydrogen-bond acceptors (Lipinski definition) is 10. The van der Waals surface area contributed by atoms with Gasteiger partial charge in [0.05, 0.1) is 38.5 Å². The van der Waals surface area contributed by atoms with Crippen molar-refractivity contribution in [3.05, 3.63) is 76.2 Å². The molecule has 0 radical (unpaired) electrons. The summed E-state index contributed by atoms with van der Waals surface area (Å²) in [6.45, 7) is 0.875. The first-order valence-electron chi connectivity index (χ1n) is 13.4. The molecule has 228 valence electrons. The molecule has 0 bridgehead atoms. The van der Waals surface area contributed by atoms with Crippen LogP contribution in [0, 0.1) is 5.82 Å². The van der Waals surface area contributed by atoms with Crippen LogP contribution in [0.15, 0.2) is 60.0 Å². The first-order valence-corrected chi connectivity index (χ1v) is 16.7. The summed E-state index contributed by atoms with van der Waals surface area (Å²) >= 11 is 4.75. The number of halogens is 1. The van der Waals surface area contributed by atoms with Crippen LogP contribution in [-0.4, -0.2) is 73.3 Å². The molecule has 1 atom stereocenters. The molecule has 43 heavy (non-hydrogen) atoms. The molecule has 3 amide bonds. The van der Waals surface area contributed by atoms with E-state index in [0.717, 1.165) is 10.6 Å². The first kappa shape index (κ1) is 31.1. The van der Waals surface area contributed by atoms with Gasteiger partial charge in [-0.05, 0) is 78.5 Å². The molecule has 2 aromatic carbocycles. The number of amides is 3. The third-order valence-corrected chi connectivity index (χ3v) is 9.82. The molecule has 2 N–H and O–H groups in total. The predicted molar refractivity (Wildman–Crippen MR) is 166 cm³/mol. The molecule has 0 saturated carbocycles. The zero-order valence-corrected chi connectivity index (χ0v) is 26.0. The maximum Gasteiger partial charge on any atom is 0.251 e. The molecule has 1 unspecified atom stereocenters. The quantitative estimate of drug-likeness (QED) is 0.293. The predicted octanol–water partition coefficient (Wildman–Crippen LogP) is 4.43. The van der Waals surface area contributed by atoms with Gasteiger partial charge >= 0.3 is 0 Å². The van der Waals surface area contributed by atoms with Gasteiger partial charge in [0.15, 0.2) is 5.79 Å². The fourth-order valence-corrected chi connectivity index (χ4v) is 7.00. The zero-order valence-electron chi connectivity index (χ0n) is 23.5. The number of nitrogens with zero attached hydrogens (tertiary/aromatic N) is 2. The minimum Gasteiger partial charge on any atom is -0.457 e. The van der Waals surface area contributed by atoms with Crippen LogP contribution in [0.3, 0.4) is 0 Å². The van der Waals surface area contributed by atoms with Gasteiger partial charge in [0.2, 0.25) is 11.8 Å². The standard InChI is InChI=1S/C29H31FN4O6S3/c1-41-34(42-2)21-13-24(43-17-21)15-31-28(37)25-14-29(38-11-12-39-29)18-33(25)26(35)16-32-27(36)19-3-7-22(8-4-19)40-23-9-5-20(30)6-10-23/h3-10,13,17,25H,11-12,14-16,18H2,1-2H3,(H,31,37)(H,32,36). The fraction of sp³-hybridized carbons (Fsp3) is 0.345. The minimum atomic E-state index is -1.03. The molecule has 2 aliphatic heterocycles. The zero-order chi connectivity index (χ0) is 30.4. The van der Waals surface area contributed by atoms with E-state index in [1.165, 1.54) is 29.2 Å². The van der Waals surface area contributed by atoms with Crippen LogP contribution in [0.25, 0.3) is 0 Å². The summed E-state index contributed by atoms with van der Waals surface area (Å²) in [5.41, 5.74) is 1.37. The smallest absolute Gasteiger partial charge is 0.251 e. The van der Waals surface area contributed by atoms with E-state index >= 15 is 0 Å². The topological polar surface area (TPSA) is 109 Å². The van der Waals surface area contributed by atoms with E-state index in [0.29, 0.717) is 36.8 Å². The van der Waals surface area contributed by atoms with E-state index in [9.17, 15) is 18.8 Å². The molecule has 1 spiro atoms. The number of carbonyl (C=O) groups excluding carboxylic acids is 3. The van der Waals surface area contributed by atoms with Crippen LogP contribution in [-0.2, 0) is 25.6 Å². The highest BCUT2D eigenvalue weighted by molar-refractivity contribution is 8.17. The van der Waals surface area contributed by atoms with Gasteiger partial charge in [-0.1, -0.05) is 0 Å². The Hall–Kier alpha value is -3.30. The third kappa shape index (κ3) is 7.62. The van der Waals surface area contributed by atoms with Crippen molar-refractivity contribution in [1.29, 1.82) is 0 Å². The number of likely N-dealkylation sites (tertiary alicyclic amines) is 1. The van der Waals surface area contributed by atoms with E-state index in [4.69, 9.17) is 14.2 Å². The van der Waals surface area contributed by atoms with Gasteiger partial charge in [-0.25, -0.2) is 4.39 Å². The number of nitrogens with one attached hydrogen (secondary N) is 2. The lowest BCUT2D eigenvalue weighted by Crippen LogP contribution is -2.49. The molecule has 3 heterocycles.